The third kappa shape index (κ3) is 6.82. The van der Waals surface area contributed by atoms with Crippen molar-refractivity contribution in [2.45, 2.75) is 65.4 Å². The number of sulfone groups is 1. The van der Waals surface area contributed by atoms with Crippen LogP contribution in [0, 0.1) is 0 Å². The van der Waals surface area contributed by atoms with Crippen molar-refractivity contribution in [3.63, 3.8) is 0 Å². The summed E-state index contributed by atoms with van der Waals surface area (Å²) in [6.07, 6.45) is 3.95. The molecule has 1 aromatic rings. The van der Waals surface area contributed by atoms with Crippen LogP contribution in [0.3, 0.4) is 0 Å². The third-order valence-corrected chi connectivity index (χ3v) is 5.69. The van der Waals surface area contributed by atoms with Crippen LogP contribution >= 0.6 is 0 Å². The minimum Gasteiger partial charge on any atom is -0.491 e. The van der Waals surface area contributed by atoms with Crippen molar-refractivity contribution < 1.29 is 13.2 Å². The summed E-state index contributed by atoms with van der Waals surface area (Å²) in [5.74, 6) is 1.32. The van der Waals surface area contributed by atoms with Gasteiger partial charge in [-0.15, -0.1) is 0 Å². The van der Waals surface area contributed by atoms with Gasteiger partial charge in [-0.3, -0.25) is 0 Å². The van der Waals surface area contributed by atoms with Crippen molar-refractivity contribution in [3.8, 4) is 5.75 Å². The van der Waals surface area contributed by atoms with Crippen molar-refractivity contribution in [3.05, 3.63) is 29.8 Å². The van der Waals surface area contributed by atoms with Gasteiger partial charge in [0.2, 0.25) is 0 Å². The van der Waals surface area contributed by atoms with E-state index in [2.05, 4.69) is 13.8 Å². The second-order valence-electron chi connectivity index (χ2n) is 6.16. The molecule has 126 valence electrons. The first kappa shape index (κ1) is 19.0. The first-order valence-corrected chi connectivity index (χ1v) is 10.2. The van der Waals surface area contributed by atoms with E-state index in [4.69, 9.17) is 4.74 Å². The van der Waals surface area contributed by atoms with Crippen LogP contribution in [0.2, 0.25) is 0 Å². The summed E-state index contributed by atoms with van der Waals surface area (Å²) < 4.78 is 30.1. The molecular weight excluding hydrogens is 296 g/mol. The summed E-state index contributed by atoms with van der Waals surface area (Å²) >= 11 is 0. The van der Waals surface area contributed by atoms with Crippen LogP contribution in [0.5, 0.6) is 5.75 Å². The fourth-order valence-electron chi connectivity index (χ4n) is 2.52. The van der Waals surface area contributed by atoms with Crippen LogP contribution in [0.1, 0.15) is 64.9 Å². The second kappa shape index (κ2) is 9.19. The zero-order chi connectivity index (χ0) is 16.6. The van der Waals surface area contributed by atoms with E-state index in [-0.39, 0.29) is 23.5 Å². The maximum atomic E-state index is 12.1. The first-order chi connectivity index (χ1) is 10.4. The Balaban J connectivity index is 2.71. The van der Waals surface area contributed by atoms with Gasteiger partial charge in [0.25, 0.3) is 0 Å². The van der Waals surface area contributed by atoms with Crippen molar-refractivity contribution >= 4 is 9.84 Å². The molecule has 0 aliphatic heterocycles. The summed E-state index contributed by atoms with van der Waals surface area (Å²) in [6.45, 7) is 8.18. The fraction of sp³-hybridized carbons (Fsp3) is 0.667. The highest BCUT2D eigenvalue weighted by Crippen LogP contribution is 2.23. The highest BCUT2D eigenvalue weighted by atomic mass is 32.2. The van der Waals surface area contributed by atoms with Crippen LogP contribution in [-0.4, -0.2) is 26.0 Å². The quantitative estimate of drug-likeness (QED) is 0.632. The Bertz CT molecular complexity index is 537. The zero-order valence-electron chi connectivity index (χ0n) is 14.3. The van der Waals surface area contributed by atoms with Crippen LogP contribution < -0.4 is 4.74 Å². The molecule has 4 heteroatoms. The van der Waals surface area contributed by atoms with Crippen molar-refractivity contribution in [2.24, 2.45) is 0 Å². The van der Waals surface area contributed by atoms with Gasteiger partial charge in [0.15, 0.2) is 9.84 Å². The molecule has 0 saturated heterocycles. The lowest BCUT2D eigenvalue weighted by molar-refractivity contribution is 0.209. The predicted molar refractivity (Wildman–Crippen MR) is 93.4 cm³/mol. The Morgan fingerprint density at radius 1 is 1.14 bits per heavy atom. The van der Waals surface area contributed by atoms with Crippen LogP contribution in [0.15, 0.2) is 24.3 Å². The molecule has 22 heavy (non-hydrogen) atoms. The molecule has 0 aliphatic carbocycles. The minimum absolute atomic E-state index is 0.00751. The zero-order valence-corrected chi connectivity index (χ0v) is 15.2. The number of hydrogen-bond donors (Lipinski definition) is 0. The molecule has 0 saturated carbocycles. The Hall–Kier alpha value is -1.03. The highest BCUT2D eigenvalue weighted by molar-refractivity contribution is 7.91. The van der Waals surface area contributed by atoms with E-state index >= 15 is 0 Å². The van der Waals surface area contributed by atoms with Crippen molar-refractivity contribution in [2.75, 3.05) is 11.5 Å². The number of hydrogen-bond acceptors (Lipinski definition) is 3. The molecule has 1 rings (SSSR count). The number of rotatable bonds is 10. The minimum atomic E-state index is -2.98. The third-order valence-electron chi connectivity index (χ3n) is 3.77. The smallest absolute Gasteiger partial charge is 0.150 e. The predicted octanol–water partition coefficient (Wildman–Crippen LogP) is 4.57. The van der Waals surface area contributed by atoms with Gasteiger partial charge in [-0.25, -0.2) is 8.42 Å². The van der Waals surface area contributed by atoms with Gasteiger partial charge in [0, 0.05) is 0 Å². The second-order valence-corrected chi connectivity index (χ2v) is 8.39. The van der Waals surface area contributed by atoms with Crippen LogP contribution in [-0.2, 0) is 9.84 Å². The Morgan fingerprint density at radius 2 is 1.86 bits per heavy atom. The fourth-order valence-corrected chi connectivity index (χ4v) is 4.37. The molecule has 2 atom stereocenters. The number of unbranched alkanes of at least 4 members (excludes halogenated alkanes) is 1. The van der Waals surface area contributed by atoms with E-state index < -0.39 is 9.84 Å². The summed E-state index contributed by atoms with van der Waals surface area (Å²) in [5, 5.41) is 0. The van der Waals surface area contributed by atoms with Crippen LogP contribution in [0.4, 0.5) is 0 Å². The SMILES string of the molecule is CCCCS(=O)(=O)C[C@H](C)c1cccc(O[C@H](C)CCC)c1. The molecule has 0 radical (unpaired) electrons. The summed E-state index contributed by atoms with van der Waals surface area (Å²) in [5.41, 5.74) is 1.03. The number of ether oxygens (including phenoxy) is 1. The average Bonchev–Trinajstić information content (AvgIpc) is 2.45. The molecule has 0 spiro atoms. The van der Waals surface area contributed by atoms with E-state index in [1.54, 1.807) is 0 Å². The largest absolute Gasteiger partial charge is 0.491 e. The molecule has 0 aliphatic rings. The van der Waals surface area contributed by atoms with Gasteiger partial charge in [-0.2, -0.15) is 0 Å². The maximum Gasteiger partial charge on any atom is 0.150 e. The molecule has 0 N–H and O–H groups in total. The average molecular weight is 327 g/mol. The van der Waals surface area contributed by atoms with E-state index in [9.17, 15) is 8.42 Å². The highest BCUT2D eigenvalue weighted by Gasteiger charge is 2.17. The molecule has 0 unspecified atom stereocenters. The lowest BCUT2D eigenvalue weighted by atomic mass is 10.0. The molecule has 1 aromatic carbocycles. The van der Waals surface area contributed by atoms with Gasteiger partial charge in [0.1, 0.15) is 5.75 Å². The Kier molecular flexibility index (Phi) is 7.94. The standard InChI is InChI=1S/C18H30O3S/c1-5-7-12-22(19,20)14-15(3)17-10-8-11-18(13-17)21-16(4)9-6-2/h8,10-11,13,15-16H,5-7,9,12,14H2,1-4H3/t15-,16+/m0/s1. The molecule has 0 fully saturated rings. The Labute approximate surface area is 136 Å². The van der Waals surface area contributed by atoms with Gasteiger partial charge >= 0.3 is 0 Å². The maximum absolute atomic E-state index is 12.1. The lowest BCUT2D eigenvalue weighted by Crippen LogP contribution is -2.16. The first-order valence-electron chi connectivity index (χ1n) is 8.35. The van der Waals surface area contributed by atoms with Gasteiger partial charge in [-0.05, 0) is 43.4 Å². The molecule has 0 aromatic heterocycles. The van der Waals surface area contributed by atoms with E-state index in [1.807, 2.05) is 38.1 Å². The molecular formula is C18H30O3S. The van der Waals surface area contributed by atoms with E-state index in [0.29, 0.717) is 0 Å². The monoisotopic (exact) mass is 326 g/mol. The molecule has 0 heterocycles. The van der Waals surface area contributed by atoms with Gasteiger partial charge < -0.3 is 4.74 Å². The van der Waals surface area contributed by atoms with E-state index in [0.717, 1.165) is 37.0 Å². The normalized spacial score (nSPS) is 14.5. The molecule has 3 nitrogen and oxygen atoms in total. The lowest BCUT2D eigenvalue weighted by Gasteiger charge is -2.17. The molecule has 0 bridgehead atoms. The molecule has 0 amide bonds. The van der Waals surface area contributed by atoms with Crippen molar-refractivity contribution in [1.29, 1.82) is 0 Å². The topological polar surface area (TPSA) is 43.4 Å². The number of benzene rings is 1. The summed E-state index contributed by atoms with van der Waals surface area (Å²) in [6, 6.07) is 7.84. The van der Waals surface area contributed by atoms with Gasteiger partial charge in [-0.1, -0.05) is 45.7 Å². The van der Waals surface area contributed by atoms with Gasteiger partial charge in [0.05, 0.1) is 17.6 Å². The van der Waals surface area contributed by atoms with Crippen LogP contribution in [0.25, 0.3) is 0 Å². The summed E-state index contributed by atoms with van der Waals surface area (Å²) in [7, 11) is -2.98. The van der Waals surface area contributed by atoms with E-state index in [1.165, 1.54) is 0 Å². The summed E-state index contributed by atoms with van der Waals surface area (Å²) in [4.78, 5) is 0. The Morgan fingerprint density at radius 3 is 2.50 bits per heavy atom. The van der Waals surface area contributed by atoms with Crippen molar-refractivity contribution in [1.82, 2.24) is 0 Å².